The summed E-state index contributed by atoms with van der Waals surface area (Å²) in [6.07, 6.45) is 2.99. The van der Waals surface area contributed by atoms with Gasteiger partial charge in [-0.1, -0.05) is 51.1 Å². The van der Waals surface area contributed by atoms with Crippen LogP contribution in [0.4, 0.5) is 11.4 Å². The van der Waals surface area contributed by atoms with Gasteiger partial charge in [0.15, 0.2) is 0 Å². The second-order valence-corrected chi connectivity index (χ2v) is 8.39. The highest BCUT2D eigenvalue weighted by atomic mass is 16.2. The molecule has 5 heteroatoms. The predicted molar refractivity (Wildman–Crippen MR) is 123 cm³/mol. The number of nitrogens with zero attached hydrogens (tertiary/aromatic N) is 1. The van der Waals surface area contributed by atoms with Crippen LogP contribution in [0.2, 0.25) is 0 Å². The molecule has 2 aromatic rings. The third kappa shape index (κ3) is 5.41. The van der Waals surface area contributed by atoms with Crippen molar-refractivity contribution in [3.05, 3.63) is 59.7 Å². The Morgan fingerprint density at radius 3 is 2.37 bits per heavy atom. The monoisotopic (exact) mass is 407 g/mol. The van der Waals surface area contributed by atoms with Gasteiger partial charge in [-0.3, -0.25) is 9.59 Å². The fourth-order valence-electron chi connectivity index (χ4n) is 3.91. The molecule has 0 spiro atoms. The van der Waals surface area contributed by atoms with Gasteiger partial charge in [0.2, 0.25) is 5.91 Å². The van der Waals surface area contributed by atoms with Crippen LogP contribution in [0.5, 0.6) is 0 Å². The lowest BCUT2D eigenvalue weighted by molar-refractivity contribution is -0.117. The smallest absolute Gasteiger partial charge is 0.253 e. The van der Waals surface area contributed by atoms with Crippen LogP contribution < -0.4 is 15.5 Å². The maximum absolute atomic E-state index is 13.0. The lowest BCUT2D eigenvalue weighted by Gasteiger charge is -2.23. The average Bonchev–Trinajstić information content (AvgIpc) is 3.28. The van der Waals surface area contributed by atoms with Gasteiger partial charge in [-0.15, -0.1) is 0 Å². The number of benzene rings is 2. The molecule has 0 bridgehead atoms. The van der Waals surface area contributed by atoms with Gasteiger partial charge in [0.05, 0.1) is 11.5 Å². The topological polar surface area (TPSA) is 61.4 Å². The van der Waals surface area contributed by atoms with Gasteiger partial charge in [0, 0.05) is 31.0 Å². The van der Waals surface area contributed by atoms with Crippen molar-refractivity contribution in [1.29, 1.82) is 0 Å². The standard InChI is InChI=1S/C25H33N3O2/c1-4-21(19-10-6-5-7-11-19)25(30)27-20-12-13-23(28-14-8-9-15-28)22(16-20)24(29)26-17-18(2)3/h5-7,10-13,16,18,21H,4,8-9,14-15,17H2,1-3H3,(H,26,29)(H,27,30). The largest absolute Gasteiger partial charge is 0.371 e. The van der Waals surface area contributed by atoms with E-state index in [2.05, 4.69) is 29.4 Å². The molecule has 0 saturated carbocycles. The molecule has 160 valence electrons. The molecule has 2 aromatic carbocycles. The van der Waals surface area contributed by atoms with Crippen molar-refractivity contribution < 1.29 is 9.59 Å². The van der Waals surface area contributed by atoms with E-state index in [0.717, 1.165) is 37.2 Å². The van der Waals surface area contributed by atoms with Gasteiger partial charge >= 0.3 is 0 Å². The first-order chi connectivity index (χ1) is 14.5. The van der Waals surface area contributed by atoms with E-state index in [1.165, 1.54) is 0 Å². The average molecular weight is 408 g/mol. The number of nitrogens with one attached hydrogen (secondary N) is 2. The summed E-state index contributed by atoms with van der Waals surface area (Å²) >= 11 is 0. The molecule has 3 rings (SSSR count). The van der Waals surface area contributed by atoms with Gasteiger partial charge in [0.25, 0.3) is 5.91 Å². The maximum Gasteiger partial charge on any atom is 0.253 e. The van der Waals surface area contributed by atoms with Crippen LogP contribution in [-0.4, -0.2) is 31.4 Å². The Morgan fingerprint density at radius 2 is 1.73 bits per heavy atom. The summed E-state index contributed by atoms with van der Waals surface area (Å²) in [7, 11) is 0. The molecule has 2 N–H and O–H groups in total. The Hall–Kier alpha value is -2.82. The van der Waals surface area contributed by atoms with Crippen molar-refractivity contribution in [3.8, 4) is 0 Å². The third-order valence-corrected chi connectivity index (χ3v) is 5.55. The molecule has 1 saturated heterocycles. The first-order valence-electron chi connectivity index (χ1n) is 11.0. The molecular weight excluding hydrogens is 374 g/mol. The highest BCUT2D eigenvalue weighted by molar-refractivity contribution is 6.03. The quantitative estimate of drug-likeness (QED) is 0.660. The van der Waals surface area contributed by atoms with Crippen LogP contribution in [0.3, 0.4) is 0 Å². The van der Waals surface area contributed by atoms with E-state index >= 15 is 0 Å². The molecule has 1 atom stereocenters. The summed E-state index contributed by atoms with van der Waals surface area (Å²) in [5.74, 6) is 0.0221. The second-order valence-electron chi connectivity index (χ2n) is 8.39. The van der Waals surface area contributed by atoms with Gasteiger partial charge in [0.1, 0.15) is 0 Å². The minimum absolute atomic E-state index is 0.0499. The van der Waals surface area contributed by atoms with Gasteiger partial charge < -0.3 is 15.5 Å². The summed E-state index contributed by atoms with van der Waals surface area (Å²) < 4.78 is 0. The van der Waals surface area contributed by atoms with E-state index < -0.39 is 0 Å². The molecular formula is C25H33N3O2. The molecule has 0 aromatic heterocycles. The Balaban J connectivity index is 1.83. The first kappa shape index (κ1) is 21.9. The number of hydrogen-bond acceptors (Lipinski definition) is 3. The van der Waals surface area contributed by atoms with Crippen LogP contribution in [0.1, 0.15) is 61.9 Å². The summed E-state index contributed by atoms with van der Waals surface area (Å²) in [5, 5.41) is 6.06. The van der Waals surface area contributed by atoms with Crippen molar-refractivity contribution in [3.63, 3.8) is 0 Å². The normalized spacial score (nSPS) is 14.6. The third-order valence-electron chi connectivity index (χ3n) is 5.55. The highest BCUT2D eigenvalue weighted by Crippen LogP contribution is 2.29. The molecule has 2 amide bonds. The van der Waals surface area contributed by atoms with E-state index in [4.69, 9.17) is 0 Å². The predicted octanol–water partition coefficient (Wildman–Crippen LogP) is 4.80. The molecule has 1 fully saturated rings. The Bertz CT molecular complexity index is 858. The lowest BCUT2D eigenvalue weighted by Crippen LogP contribution is -2.30. The van der Waals surface area contributed by atoms with E-state index in [-0.39, 0.29) is 17.7 Å². The van der Waals surface area contributed by atoms with Gasteiger partial charge in [-0.2, -0.15) is 0 Å². The van der Waals surface area contributed by atoms with Crippen molar-refractivity contribution in [1.82, 2.24) is 5.32 Å². The Kier molecular flexibility index (Phi) is 7.50. The first-order valence-corrected chi connectivity index (χ1v) is 11.0. The van der Waals surface area contributed by atoms with Crippen LogP contribution in [-0.2, 0) is 4.79 Å². The van der Waals surface area contributed by atoms with E-state index in [0.29, 0.717) is 30.1 Å². The minimum Gasteiger partial charge on any atom is -0.371 e. The molecule has 1 aliphatic heterocycles. The van der Waals surface area contributed by atoms with Crippen molar-refractivity contribution in [2.75, 3.05) is 29.9 Å². The van der Waals surface area contributed by atoms with Crippen LogP contribution in [0.15, 0.2) is 48.5 Å². The molecule has 0 aliphatic carbocycles. The molecule has 1 unspecified atom stereocenters. The van der Waals surface area contributed by atoms with E-state index in [1.807, 2.05) is 55.5 Å². The highest BCUT2D eigenvalue weighted by Gasteiger charge is 2.22. The van der Waals surface area contributed by atoms with Gasteiger partial charge in [-0.05, 0) is 48.9 Å². The molecule has 1 heterocycles. The van der Waals surface area contributed by atoms with E-state index in [1.54, 1.807) is 0 Å². The van der Waals surface area contributed by atoms with Crippen molar-refractivity contribution in [2.45, 2.75) is 46.0 Å². The van der Waals surface area contributed by atoms with Crippen LogP contribution in [0.25, 0.3) is 0 Å². The number of anilines is 2. The zero-order chi connectivity index (χ0) is 21.5. The van der Waals surface area contributed by atoms with Crippen molar-refractivity contribution >= 4 is 23.2 Å². The second kappa shape index (κ2) is 10.3. The van der Waals surface area contributed by atoms with Crippen LogP contribution in [0, 0.1) is 5.92 Å². The zero-order valence-electron chi connectivity index (χ0n) is 18.3. The summed E-state index contributed by atoms with van der Waals surface area (Å²) in [6, 6.07) is 15.5. The molecule has 1 aliphatic rings. The summed E-state index contributed by atoms with van der Waals surface area (Å²) in [6.45, 7) is 8.71. The summed E-state index contributed by atoms with van der Waals surface area (Å²) in [5.41, 5.74) is 3.23. The number of carbonyl (C=O) groups is 2. The summed E-state index contributed by atoms with van der Waals surface area (Å²) in [4.78, 5) is 28.1. The SMILES string of the molecule is CCC(C(=O)Nc1ccc(N2CCCC2)c(C(=O)NCC(C)C)c1)c1ccccc1. The van der Waals surface area contributed by atoms with E-state index in [9.17, 15) is 9.59 Å². The molecule has 30 heavy (non-hydrogen) atoms. The number of hydrogen-bond donors (Lipinski definition) is 2. The lowest BCUT2D eigenvalue weighted by atomic mass is 9.95. The molecule has 0 radical (unpaired) electrons. The number of rotatable bonds is 8. The fraction of sp³-hybridized carbons (Fsp3) is 0.440. The Morgan fingerprint density at radius 1 is 1.03 bits per heavy atom. The Labute approximate surface area is 179 Å². The van der Waals surface area contributed by atoms with Gasteiger partial charge in [-0.25, -0.2) is 0 Å². The maximum atomic E-state index is 13.0. The van der Waals surface area contributed by atoms with Crippen LogP contribution >= 0.6 is 0 Å². The zero-order valence-corrected chi connectivity index (χ0v) is 18.3. The number of carbonyl (C=O) groups excluding carboxylic acids is 2. The van der Waals surface area contributed by atoms with Crippen molar-refractivity contribution in [2.24, 2.45) is 5.92 Å². The number of amides is 2. The molecule has 5 nitrogen and oxygen atoms in total. The minimum atomic E-state index is -0.220. The fourth-order valence-corrected chi connectivity index (χ4v) is 3.91.